The highest BCUT2D eigenvalue weighted by Crippen LogP contribution is 2.17. The molecule has 1 saturated heterocycles. The molecule has 0 radical (unpaired) electrons. The summed E-state index contributed by atoms with van der Waals surface area (Å²) in [5, 5.41) is 0. The summed E-state index contributed by atoms with van der Waals surface area (Å²) in [4.78, 5) is 13.7. The number of hydrogen-bond donors (Lipinski definition) is 0. The van der Waals surface area contributed by atoms with Gasteiger partial charge in [-0.25, -0.2) is 0 Å². The number of carbonyl (C=O) groups is 1. The zero-order valence-electron chi connectivity index (χ0n) is 11.0. The van der Waals surface area contributed by atoms with E-state index in [1.165, 1.54) is 0 Å². The van der Waals surface area contributed by atoms with Crippen LogP contribution in [-0.4, -0.2) is 36.9 Å². The van der Waals surface area contributed by atoms with Crippen LogP contribution in [0.1, 0.15) is 14.3 Å². The van der Waals surface area contributed by atoms with Crippen LogP contribution in [-0.2, 0) is 4.79 Å². The van der Waals surface area contributed by atoms with Crippen LogP contribution in [0, 0.1) is 18.3 Å². The summed E-state index contributed by atoms with van der Waals surface area (Å²) in [5.41, 5.74) is 0. The SMILES string of the molecule is C#CC(=O)C1CCN(CCOc2ccccc2)CC1.[HH]. The second kappa shape index (κ2) is 6.96. The summed E-state index contributed by atoms with van der Waals surface area (Å²) in [6.07, 6.45) is 6.89. The lowest BCUT2D eigenvalue weighted by Crippen LogP contribution is -2.38. The zero-order chi connectivity index (χ0) is 13.5. The second-order valence-corrected chi connectivity index (χ2v) is 4.79. The highest BCUT2D eigenvalue weighted by atomic mass is 16.5. The molecule has 3 heteroatoms. The molecule has 19 heavy (non-hydrogen) atoms. The molecule has 1 aliphatic rings. The van der Waals surface area contributed by atoms with Gasteiger partial charge in [0.25, 0.3) is 0 Å². The molecule has 2 rings (SSSR count). The van der Waals surface area contributed by atoms with Gasteiger partial charge in [-0.05, 0) is 44.0 Å². The van der Waals surface area contributed by atoms with Gasteiger partial charge in [-0.3, -0.25) is 9.69 Å². The highest BCUT2D eigenvalue weighted by Gasteiger charge is 2.23. The van der Waals surface area contributed by atoms with Crippen LogP contribution in [0.25, 0.3) is 0 Å². The average molecular weight is 259 g/mol. The van der Waals surface area contributed by atoms with Gasteiger partial charge in [0, 0.05) is 13.9 Å². The van der Waals surface area contributed by atoms with Crippen LogP contribution in [0.2, 0.25) is 0 Å². The van der Waals surface area contributed by atoms with E-state index in [0.717, 1.165) is 38.2 Å². The monoisotopic (exact) mass is 259 g/mol. The van der Waals surface area contributed by atoms with Crippen molar-refractivity contribution in [3.05, 3.63) is 30.3 Å². The Morgan fingerprint density at radius 3 is 2.68 bits per heavy atom. The van der Waals surface area contributed by atoms with E-state index in [1.54, 1.807) is 0 Å². The molecule has 0 amide bonds. The maximum absolute atomic E-state index is 11.4. The van der Waals surface area contributed by atoms with Crippen LogP contribution < -0.4 is 4.74 Å². The predicted octanol–water partition coefficient (Wildman–Crippen LogP) is 2.23. The number of para-hydroxylation sites is 1. The van der Waals surface area contributed by atoms with Gasteiger partial charge in [0.2, 0.25) is 5.78 Å². The summed E-state index contributed by atoms with van der Waals surface area (Å²) in [5.74, 6) is 3.16. The normalized spacial score (nSPS) is 16.8. The first-order valence-electron chi connectivity index (χ1n) is 6.70. The van der Waals surface area contributed by atoms with Crippen molar-refractivity contribution in [1.29, 1.82) is 0 Å². The molecule has 1 fully saturated rings. The third-order valence-electron chi connectivity index (χ3n) is 3.52. The standard InChI is InChI=1S/C16H19NO2.H2/c1-2-16(18)14-8-10-17(11-9-14)12-13-19-15-6-4-3-5-7-15;/h1,3-7,14H,8-13H2;1H. The first kappa shape index (κ1) is 13.6. The van der Waals surface area contributed by atoms with Crippen molar-refractivity contribution in [2.75, 3.05) is 26.2 Å². The lowest BCUT2D eigenvalue weighted by molar-refractivity contribution is -0.118. The highest BCUT2D eigenvalue weighted by molar-refractivity contribution is 5.96. The molecular formula is C16H21NO2. The Balaban J connectivity index is 0.00000200. The Bertz CT molecular complexity index is 447. The van der Waals surface area contributed by atoms with Crippen LogP contribution in [0.3, 0.4) is 0 Å². The molecule has 3 nitrogen and oxygen atoms in total. The summed E-state index contributed by atoms with van der Waals surface area (Å²) in [6.45, 7) is 3.43. The van der Waals surface area contributed by atoms with E-state index < -0.39 is 0 Å². The molecule has 102 valence electrons. The molecule has 0 unspecified atom stereocenters. The van der Waals surface area contributed by atoms with Gasteiger partial charge in [0.15, 0.2) is 0 Å². The molecule has 0 N–H and O–H groups in total. The minimum absolute atomic E-state index is 0. The Morgan fingerprint density at radius 2 is 2.05 bits per heavy atom. The van der Waals surface area contributed by atoms with E-state index >= 15 is 0 Å². The largest absolute Gasteiger partial charge is 0.492 e. The van der Waals surface area contributed by atoms with Gasteiger partial charge in [-0.15, -0.1) is 6.42 Å². The number of benzene rings is 1. The number of likely N-dealkylation sites (tertiary alicyclic amines) is 1. The number of Topliss-reactive ketones (excluding diaryl/α,β-unsaturated/α-hetero) is 1. The van der Waals surface area contributed by atoms with Crippen molar-refractivity contribution < 1.29 is 11.0 Å². The predicted molar refractivity (Wildman–Crippen MR) is 77.1 cm³/mol. The van der Waals surface area contributed by atoms with E-state index in [9.17, 15) is 4.79 Å². The van der Waals surface area contributed by atoms with Crippen LogP contribution >= 0.6 is 0 Å². The fourth-order valence-electron chi connectivity index (χ4n) is 2.35. The number of carbonyl (C=O) groups excluding carboxylic acids is 1. The van der Waals surface area contributed by atoms with Gasteiger partial charge >= 0.3 is 0 Å². The molecule has 0 atom stereocenters. The van der Waals surface area contributed by atoms with E-state index in [1.807, 2.05) is 30.3 Å². The summed E-state index contributed by atoms with van der Waals surface area (Å²) in [6, 6.07) is 9.81. The molecule has 0 aromatic heterocycles. The Hall–Kier alpha value is -1.79. The van der Waals surface area contributed by atoms with Gasteiger partial charge in [0.1, 0.15) is 12.4 Å². The number of rotatable bonds is 5. The fourth-order valence-corrected chi connectivity index (χ4v) is 2.35. The van der Waals surface area contributed by atoms with Crippen molar-refractivity contribution in [3.63, 3.8) is 0 Å². The molecule has 1 aromatic carbocycles. The lowest BCUT2D eigenvalue weighted by Gasteiger charge is -2.30. The first-order valence-corrected chi connectivity index (χ1v) is 6.70. The molecule has 0 spiro atoms. The lowest BCUT2D eigenvalue weighted by atomic mass is 9.93. The summed E-state index contributed by atoms with van der Waals surface area (Å²) >= 11 is 0. The van der Waals surface area contributed by atoms with Crippen molar-refractivity contribution in [2.45, 2.75) is 12.8 Å². The average Bonchev–Trinajstić information content (AvgIpc) is 2.48. The van der Waals surface area contributed by atoms with E-state index in [0.29, 0.717) is 6.61 Å². The third-order valence-corrected chi connectivity index (χ3v) is 3.52. The Kier molecular flexibility index (Phi) is 5.00. The molecule has 0 bridgehead atoms. The molecule has 1 heterocycles. The fraction of sp³-hybridized carbons (Fsp3) is 0.438. The Labute approximate surface area is 116 Å². The summed E-state index contributed by atoms with van der Waals surface area (Å²) in [7, 11) is 0. The van der Waals surface area contributed by atoms with Gasteiger partial charge < -0.3 is 4.74 Å². The van der Waals surface area contributed by atoms with Crippen LogP contribution in [0.15, 0.2) is 30.3 Å². The van der Waals surface area contributed by atoms with E-state index in [2.05, 4.69) is 10.8 Å². The molecule has 0 saturated carbocycles. The van der Waals surface area contributed by atoms with Gasteiger partial charge in [-0.2, -0.15) is 0 Å². The van der Waals surface area contributed by atoms with E-state index in [4.69, 9.17) is 11.2 Å². The van der Waals surface area contributed by atoms with Crippen molar-refractivity contribution in [3.8, 4) is 18.1 Å². The van der Waals surface area contributed by atoms with Crippen molar-refractivity contribution in [2.24, 2.45) is 5.92 Å². The Morgan fingerprint density at radius 1 is 1.37 bits per heavy atom. The number of ether oxygens (including phenoxy) is 1. The number of terminal acetylenes is 1. The maximum Gasteiger partial charge on any atom is 0.208 e. The number of nitrogens with zero attached hydrogens (tertiary/aromatic N) is 1. The number of hydrogen-bond acceptors (Lipinski definition) is 3. The third kappa shape index (κ3) is 4.11. The van der Waals surface area contributed by atoms with Gasteiger partial charge in [-0.1, -0.05) is 18.2 Å². The second-order valence-electron chi connectivity index (χ2n) is 4.79. The quantitative estimate of drug-likeness (QED) is 0.600. The summed E-state index contributed by atoms with van der Waals surface area (Å²) < 4.78 is 5.66. The zero-order valence-corrected chi connectivity index (χ0v) is 11.0. The topological polar surface area (TPSA) is 29.5 Å². The van der Waals surface area contributed by atoms with Crippen LogP contribution in [0.4, 0.5) is 0 Å². The molecule has 1 aliphatic heterocycles. The van der Waals surface area contributed by atoms with Gasteiger partial charge in [0.05, 0.1) is 0 Å². The minimum Gasteiger partial charge on any atom is -0.492 e. The molecule has 1 aromatic rings. The minimum atomic E-state index is -0.0415. The van der Waals surface area contributed by atoms with Crippen molar-refractivity contribution in [1.82, 2.24) is 4.90 Å². The van der Waals surface area contributed by atoms with Crippen LogP contribution in [0.5, 0.6) is 5.75 Å². The molecular weight excluding hydrogens is 238 g/mol. The smallest absolute Gasteiger partial charge is 0.208 e. The number of piperidine rings is 1. The van der Waals surface area contributed by atoms with Crippen molar-refractivity contribution >= 4 is 5.78 Å². The first-order chi connectivity index (χ1) is 9.29. The van der Waals surface area contributed by atoms with E-state index in [-0.39, 0.29) is 13.1 Å². The number of ketones is 1. The maximum atomic E-state index is 11.4. The molecule has 0 aliphatic carbocycles.